The van der Waals surface area contributed by atoms with Crippen LogP contribution in [0.5, 0.6) is 0 Å². The third-order valence-electron chi connectivity index (χ3n) is 2.19. The number of halogens is 2. The van der Waals surface area contributed by atoms with Crippen molar-refractivity contribution < 1.29 is 23.5 Å². The summed E-state index contributed by atoms with van der Waals surface area (Å²) in [6, 6.07) is 4.83. The van der Waals surface area contributed by atoms with Crippen molar-refractivity contribution in [3.05, 3.63) is 29.8 Å². The van der Waals surface area contributed by atoms with Crippen molar-refractivity contribution in [1.29, 1.82) is 0 Å². The first kappa shape index (κ1) is 14.0. The molecule has 4 N–H and O–H groups in total. The fourth-order valence-corrected chi connectivity index (χ4v) is 1.26. The topological polar surface area (TPSA) is 92.4 Å². The molecule has 0 aliphatic heterocycles. The molecule has 0 saturated carbocycles. The SMILES string of the molecule is NC(Cc1ccc(NC(=O)C(F)F)cc1)C(=O)O. The van der Waals surface area contributed by atoms with Gasteiger partial charge in [0.05, 0.1) is 0 Å². The smallest absolute Gasteiger partial charge is 0.320 e. The minimum Gasteiger partial charge on any atom is -0.480 e. The maximum atomic E-state index is 12.0. The van der Waals surface area contributed by atoms with Gasteiger partial charge in [0.2, 0.25) is 0 Å². The zero-order chi connectivity index (χ0) is 13.7. The van der Waals surface area contributed by atoms with Crippen LogP contribution in [0.25, 0.3) is 0 Å². The van der Waals surface area contributed by atoms with E-state index in [2.05, 4.69) is 0 Å². The second-order valence-electron chi connectivity index (χ2n) is 3.64. The molecular formula is C11H12F2N2O3. The molecule has 1 atom stereocenters. The highest BCUT2D eigenvalue weighted by Crippen LogP contribution is 2.12. The van der Waals surface area contributed by atoms with Crippen LogP contribution in [-0.2, 0) is 16.0 Å². The zero-order valence-electron chi connectivity index (χ0n) is 9.27. The van der Waals surface area contributed by atoms with E-state index in [1.165, 1.54) is 24.3 Å². The molecule has 18 heavy (non-hydrogen) atoms. The Hall–Kier alpha value is -2.02. The number of aliphatic carboxylic acids is 1. The molecule has 1 aromatic carbocycles. The van der Waals surface area contributed by atoms with Gasteiger partial charge in [-0.1, -0.05) is 12.1 Å². The molecular weight excluding hydrogens is 246 g/mol. The molecule has 1 unspecified atom stereocenters. The normalized spacial score (nSPS) is 12.2. The number of carboxylic acids is 1. The standard InChI is InChI=1S/C11H12F2N2O3/c12-9(13)10(16)15-7-3-1-6(2-4-7)5-8(14)11(17)18/h1-4,8-9H,5,14H2,(H,15,16)(H,17,18). The van der Waals surface area contributed by atoms with E-state index in [9.17, 15) is 18.4 Å². The van der Waals surface area contributed by atoms with Crippen molar-refractivity contribution >= 4 is 17.6 Å². The molecule has 0 aromatic heterocycles. The number of hydrogen-bond acceptors (Lipinski definition) is 3. The summed E-state index contributed by atoms with van der Waals surface area (Å²) in [5.74, 6) is -2.50. The summed E-state index contributed by atoms with van der Waals surface area (Å²) in [5.41, 5.74) is 6.19. The number of nitrogens with one attached hydrogen (secondary N) is 1. The third kappa shape index (κ3) is 4.10. The van der Waals surface area contributed by atoms with Crippen molar-refractivity contribution in [2.75, 3.05) is 5.32 Å². The Morgan fingerprint density at radius 3 is 2.28 bits per heavy atom. The van der Waals surface area contributed by atoms with E-state index in [-0.39, 0.29) is 12.1 Å². The molecule has 0 heterocycles. The van der Waals surface area contributed by atoms with E-state index in [4.69, 9.17) is 10.8 Å². The van der Waals surface area contributed by atoms with E-state index in [1.54, 1.807) is 0 Å². The quantitative estimate of drug-likeness (QED) is 0.729. The first-order valence-electron chi connectivity index (χ1n) is 5.06. The Morgan fingerprint density at radius 2 is 1.83 bits per heavy atom. The summed E-state index contributed by atoms with van der Waals surface area (Å²) in [6.07, 6.45) is -2.96. The van der Waals surface area contributed by atoms with E-state index < -0.39 is 24.3 Å². The average molecular weight is 258 g/mol. The van der Waals surface area contributed by atoms with E-state index >= 15 is 0 Å². The Balaban J connectivity index is 2.63. The lowest BCUT2D eigenvalue weighted by Gasteiger charge is -2.08. The number of alkyl halides is 2. The van der Waals surface area contributed by atoms with Gasteiger partial charge in [-0.15, -0.1) is 0 Å². The van der Waals surface area contributed by atoms with E-state index in [0.29, 0.717) is 5.56 Å². The Labute approximate surface area is 102 Å². The zero-order valence-corrected chi connectivity index (χ0v) is 9.27. The van der Waals surface area contributed by atoms with Crippen LogP contribution in [0.3, 0.4) is 0 Å². The lowest BCUT2D eigenvalue weighted by atomic mass is 10.1. The largest absolute Gasteiger partial charge is 0.480 e. The lowest BCUT2D eigenvalue weighted by molar-refractivity contribution is -0.138. The van der Waals surface area contributed by atoms with Gasteiger partial charge in [-0.3, -0.25) is 9.59 Å². The number of amides is 1. The second-order valence-corrected chi connectivity index (χ2v) is 3.64. The molecule has 1 amide bonds. The van der Waals surface area contributed by atoms with Gasteiger partial charge in [0, 0.05) is 5.69 Å². The summed E-state index contributed by atoms with van der Waals surface area (Å²) in [4.78, 5) is 21.2. The van der Waals surface area contributed by atoms with Gasteiger partial charge >= 0.3 is 12.4 Å². The van der Waals surface area contributed by atoms with Crippen molar-refractivity contribution in [2.24, 2.45) is 5.73 Å². The first-order chi connectivity index (χ1) is 8.40. The molecule has 0 saturated heterocycles. The summed E-state index contributed by atoms with van der Waals surface area (Å²) >= 11 is 0. The summed E-state index contributed by atoms with van der Waals surface area (Å²) in [6.45, 7) is 0. The maximum absolute atomic E-state index is 12.0. The van der Waals surface area contributed by atoms with E-state index in [1.807, 2.05) is 5.32 Å². The van der Waals surface area contributed by atoms with Crippen molar-refractivity contribution in [3.63, 3.8) is 0 Å². The predicted molar refractivity (Wildman–Crippen MR) is 60.4 cm³/mol. The lowest BCUT2D eigenvalue weighted by Crippen LogP contribution is -2.32. The minimum absolute atomic E-state index is 0.123. The number of rotatable bonds is 5. The van der Waals surface area contributed by atoms with Crippen molar-refractivity contribution in [1.82, 2.24) is 0 Å². The molecule has 0 bridgehead atoms. The monoisotopic (exact) mass is 258 g/mol. The van der Waals surface area contributed by atoms with E-state index in [0.717, 1.165) is 0 Å². The Morgan fingerprint density at radius 1 is 1.28 bits per heavy atom. The number of carboxylic acid groups (broad SMARTS) is 1. The summed E-state index contributed by atoms with van der Waals surface area (Å²) in [7, 11) is 0. The molecule has 0 spiro atoms. The molecule has 0 aliphatic rings. The number of hydrogen-bond donors (Lipinski definition) is 3. The number of benzene rings is 1. The second kappa shape index (κ2) is 6.06. The van der Waals surface area contributed by atoms with Gasteiger partial charge < -0.3 is 16.2 Å². The Bertz CT molecular complexity index is 434. The average Bonchev–Trinajstić information content (AvgIpc) is 2.31. The molecule has 0 fully saturated rings. The molecule has 1 aromatic rings. The number of carbonyl (C=O) groups is 2. The highest BCUT2D eigenvalue weighted by molar-refractivity contribution is 5.93. The molecule has 98 valence electrons. The van der Waals surface area contributed by atoms with Gasteiger partial charge in [0.25, 0.3) is 5.91 Å². The van der Waals surface area contributed by atoms with Gasteiger partial charge in [0.15, 0.2) is 0 Å². The number of nitrogens with two attached hydrogens (primary N) is 1. The van der Waals surface area contributed by atoms with Gasteiger partial charge in [0.1, 0.15) is 6.04 Å². The molecule has 5 nitrogen and oxygen atoms in total. The number of carbonyl (C=O) groups excluding carboxylic acids is 1. The van der Waals surface area contributed by atoms with Crippen molar-refractivity contribution in [2.45, 2.75) is 18.9 Å². The molecule has 0 radical (unpaired) electrons. The maximum Gasteiger partial charge on any atom is 0.320 e. The summed E-state index contributed by atoms with van der Waals surface area (Å²) in [5, 5.41) is 10.6. The van der Waals surface area contributed by atoms with Gasteiger partial charge in [-0.2, -0.15) is 8.78 Å². The molecule has 7 heteroatoms. The minimum atomic E-state index is -3.08. The predicted octanol–water partition coefficient (Wildman–Crippen LogP) is 0.845. The fraction of sp³-hybridized carbons (Fsp3) is 0.273. The van der Waals surface area contributed by atoms with Crippen molar-refractivity contribution in [3.8, 4) is 0 Å². The fourth-order valence-electron chi connectivity index (χ4n) is 1.26. The van der Waals surface area contributed by atoms with Crippen LogP contribution < -0.4 is 11.1 Å². The first-order valence-corrected chi connectivity index (χ1v) is 5.06. The van der Waals surface area contributed by atoms with Crippen LogP contribution in [0.2, 0.25) is 0 Å². The van der Waals surface area contributed by atoms with Crippen LogP contribution >= 0.6 is 0 Å². The van der Waals surface area contributed by atoms with Crippen LogP contribution in [0, 0.1) is 0 Å². The highest BCUT2D eigenvalue weighted by atomic mass is 19.3. The summed E-state index contributed by atoms with van der Waals surface area (Å²) < 4.78 is 23.9. The van der Waals surface area contributed by atoms with Crippen LogP contribution in [0.1, 0.15) is 5.56 Å². The molecule has 1 rings (SSSR count). The van der Waals surface area contributed by atoms with Gasteiger partial charge in [-0.25, -0.2) is 0 Å². The van der Waals surface area contributed by atoms with Crippen LogP contribution in [0.15, 0.2) is 24.3 Å². The van der Waals surface area contributed by atoms with Crippen LogP contribution in [-0.4, -0.2) is 29.5 Å². The van der Waals surface area contributed by atoms with Gasteiger partial charge in [-0.05, 0) is 24.1 Å². The van der Waals surface area contributed by atoms with Crippen LogP contribution in [0.4, 0.5) is 14.5 Å². The Kier molecular flexibility index (Phi) is 4.73. The highest BCUT2D eigenvalue weighted by Gasteiger charge is 2.15. The molecule has 0 aliphatic carbocycles. The number of anilines is 1. The third-order valence-corrected chi connectivity index (χ3v) is 2.19.